The molecule has 2 heteroatoms. The predicted molar refractivity (Wildman–Crippen MR) is 35.2 cm³/mol. The number of aliphatic hydroxyl groups is 1. The molecule has 1 unspecified atom stereocenters. The van der Waals surface area contributed by atoms with Crippen LogP contribution in [0.5, 0.6) is 0 Å². The van der Waals surface area contributed by atoms with Crippen LogP contribution in [0.25, 0.3) is 0 Å². The molecule has 45 valence electrons. The number of aliphatic hydroxyl groups excluding tert-OH is 1. The summed E-state index contributed by atoms with van der Waals surface area (Å²) in [5.41, 5.74) is 0. The van der Waals surface area contributed by atoms with E-state index in [9.17, 15) is 0 Å². The second kappa shape index (κ2) is 2.54. The third-order valence-corrected chi connectivity index (χ3v) is 1.96. The van der Waals surface area contributed by atoms with Gasteiger partial charge in [0.2, 0.25) is 0 Å². The van der Waals surface area contributed by atoms with Crippen LogP contribution in [0.1, 0.15) is 19.3 Å². The van der Waals surface area contributed by atoms with Crippen LogP contribution in [-0.4, -0.2) is 18.5 Å². The third kappa shape index (κ3) is 1.05. The number of hydrogen-bond donors (Lipinski definition) is 1. The molecule has 1 rings (SSSR count). The summed E-state index contributed by atoms with van der Waals surface area (Å²) in [6.45, 7) is 2.03. The quantitative estimate of drug-likeness (QED) is 0.502. The van der Waals surface area contributed by atoms with Crippen molar-refractivity contribution >= 4 is 7.28 Å². The summed E-state index contributed by atoms with van der Waals surface area (Å²) < 4.78 is 0. The zero-order chi connectivity index (χ0) is 5.98. The van der Waals surface area contributed by atoms with Gasteiger partial charge in [-0.3, -0.25) is 0 Å². The fourth-order valence-electron chi connectivity index (χ4n) is 1.36. The average Bonchev–Trinajstić information content (AvgIpc) is 2.14. The van der Waals surface area contributed by atoms with Gasteiger partial charge in [0.05, 0.1) is 0 Å². The Labute approximate surface area is 51.3 Å². The van der Waals surface area contributed by atoms with Crippen molar-refractivity contribution in [3.8, 4) is 0 Å². The van der Waals surface area contributed by atoms with Gasteiger partial charge in [0.25, 0.3) is 0 Å². The van der Waals surface area contributed by atoms with Gasteiger partial charge in [-0.25, -0.2) is 0 Å². The Morgan fingerprint density at radius 3 is 2.50 bits per heavy atom. The van der Waals surface area contributed by atoms with Gasteiger partial charge in [-0.2, -0.15) is 0 Å². The summed E-state index contributed by atoms with van der Waals surface area (Å²) in [7, 11) is 2.11. The van der Waals surface area contributed by atoms with Gasteiger partial charge < -0.3 is 5.11 Å². The van der Waals surface area contributed by atoms with Gasteiger partial charge in [0.15, 0.2) is 0 Å². The molecule has 0 aliphatic heterocycles. The molecule has 1 aliphatic rings. The summed E-state index contributed by atoms with van der Waals surface area (Å²) in [6, 6.07) is 0. The molecule has 1 aliphatic carbocycles. The van der Waals surface area contributed by atoms with E-state index in [1.54, 1.807) is 0 Å². The van der Waals surface area contributed by atoms with Gasteiger partial charge in [0, 0.05) is 6.10 Å². The van der Waals surface area contributed by atoms with E-state index in [1.807, 2.05) is 6.82 Å². The summed E-state index contributed by atoms with van der Waals surface area (Å²) in [5, 5.41) is 9.16. The van der Waals surface area contributed by atoms with E-state index >= 15 is 0 Å². The molecule has 0 amide bonds. The zero-order valence-electron chi connectivity index (χ0n) is 5.30. The lowest BCUT2D eigenvalue weighted by Crippen LogP contribution is -2.11. The van der Waals surface area contributed by atoms with E-state index in [0.29, 0.717) is 5.82 Å². The first-order valence-electron chi connectivity index (χ1n) is 3.32. The van der Waals surface area contributed by atoms with Crippen LogP contribution in [0.15, 0.2) is 0 Å². The summed E-state index contributed by atoms with van der Waals surface area (Å²) in [5.74, 6) is 0.495. The Kier molecular flexibility index (Phi) is 1.95. The molecular weight excluding hydrogens is 98.9 g/mol. The van der Waals surface area contributed by atoms with Crippen LogP contribution < -0.4 is 0 Å². The van der Waals surface area contributed by atoms with Gasteiger partial charge >= 0.3 is 0 Å². The molecule has 1 nitrogen and oxygen atoms in total. The van der Waals surface area contributed by atoms with E-state index in [-0.39, 0.29) is 6.10 Å². The highest BCUT2D eigenvalue weighted by Crippen LogP contribution is 2.29. The predicted octanol–water partition coefficient (Wildman–Crippen LogP) is 1.07. The van der Waals surface area contributed by atoms with E-state index < -0.39 is 0 Å². The minimum Gasteiger partial charge on any atom is -0.394 e. The molecule has 1 saturated carbocycles. The Morgan fingerprint density at radius 1 is 1.50 bits per heavy atom. The van der Waals surface area contributed by atoms with Crippen molar-refractivity contribution in [1.29, 1.82) is 0 Å². The largest absolute Gasteiger partial charge is 0.394 e. The van der Waals surface area contributed by atoms with Crippen molar-refractivity contribution in [1.82, 2.24) is 0 Å². The highest BCUT2D eigenvalue weighted by atomic mass is 16.3. The maximum atomic E-state index is 9.16. The normalized spacial score (nSPS) is 37.8. The Bertz CT molecular complexity index is 74.9. The number of rotatable bonds is 1. The van der Waals surface area contributed by atoms with Crippen LogP contribution in [-0.2, 0) is 0 Å². The van der Waals surface area contributed by atoms with Crippen LogP contribution >= 0.6 is 0 Å². The lowest BCUT2D eigenvalue weighted by molar-refractivity contribution is 0.183. The molecule has 1 fully saturated rings. The van der Waals surface area contributed by atoms with Crippen LogP contribution in [0, 0.1) is 0 Å². The van der Waals surface area contributed by atoms with Crippen molar-refractivity contribution in [2.24, 2.45) is 0 Å². The maximum absolute atomic E-state index is 9.16. The monoisotopic (exact) mass is 111 g/mol. The minimum absolute atomic E-state index is 0.0278. The molecule has 0 heterocycles. The maximum Gasteiger partial charge on any atom is 0.113 e. The SMILES string of the molecule is C[B]C1CCC[C@H]1O. The first kappa shape index (κ1) is 6.15. The van der Waals surface area contributed by atoms with E-state index in [0.717, 1.165) is 6.42 Å². The summed E-state index contributed by atoms with van der Waals surface area (Å²) >= 11 is 0. The average molecular weight is 111 g/mol. The lowest BCUT2D eigenvalue weighted by atomic mass is 9.65. The fourth-order valence-corrected chi connectivity index (χ4v) is 1.36. The van der Waals surface area contributed by atoms with Gasteiger partial charge in [-0.05, 0) is 12.2 Å². The van der Waals surface area contributed by atoms with Crippen molar-refractivity contribution < 1.29 is 5.11 Å². The van der Waals surface area contributed by atoms with E-state index in [4.69, 9.17) is 5.11 Å². The Hall–Kier alpha value is 0.0249. The molecule has 1 radical (unpaired) electrons. The highest BCUT2D eigenvalue weighted by molar-refractivity contribution is 6.36. The van der Waals surface area contributed by atoms with Crippen molar-refractivity contribution in [3.05, 3.63) is 0 Å². The first-order chi connectivity index (χ1) is 3.84. The van der Waals surface area contributed by atoms with Gasteiger partial charge in [-0.1, -0.05) is 19.7 Å². The van der Waals surface area contributed by atoms with Crippen LogP contribution in [0.4, 0.5) is 0 Å². The molecule has 8 heavy (non-hydrogen) atoms. The molecule has 2 atom stereocenters. The minimum atomic E-state index is -0.0278. The molecule has 0 aromatic rings. The summed E-state index contributed by atoms with van der Waals surface area (Å²) in [4.78, 5) is 0. The highest BCUT2D eigenvalue weighted by Gasteiger charge is 2.22. The molecule has 1 N–H and O–H groups in total. The standard InChI is InChI=1S/C6H12BO/c1-7-5-3-2-4-6(5)8/h5-6,8H,2-4H2,1H3/t5?,6-/m1/s1. The van der Waals surface area contributed by atoms with E-state index in [1.165, 1.54) is 12.8 Å². The summed E-state index contributed by atoms with van der Waals surface area (Å²) in [6.07, 6.45) is 3.38. The zero-order valence-corrected chi connectivity index (χ0v) is 5.30. The van der Waals surface area contributed by atoms with Gasteiger partial charge in [0.1, 0.15) is 7.28 Å². The Balaban J connectivity index is 2.30. The molecule has 0 aromatic carbocycles. The van der Waals surface area contributed by atoms with Gasteiger partial charge in [-0.15, -0.1) is 0 Å². The number of hydrogen-bond acceptors (Lipinski definition) is 1. The second-order valence-corrected chi connectivity index (χ2v) is 2.50. The van der Waals surface area contributed by atoms with Crippen LogP contribution in [0.3, 0.4) is 0 Å². The van der Waals surface area contributed by atoms with Crippen molar-refractivity contribution in [2.75, 3.05) is 0 Å². The second-order valence-electron chi connectivity index (χ2n) is 2.50. The smallest absolute Gasteiger partial charge is 0.113 e. The van der Waals surface area contributed by atoms with Crippen molar-refractivity contribution in [3.63, 3.8) is 0 Å². The third-order valence-electron chi connectivity index (χ3n) is 1.96. The van der Waals surface area contributed by atoms with E-state index in [2.05, 4.69) is 7.28 Å². The first-order valence-corrected chi connectivity index (χ1v) is 3.32. The topological polar surface area (TPSA) is 20.2 Å². The Morgan fingerprint density at radius 2 is 2.25 bits per heavy atom. The lowest BCUT2D eigenvalue weighted by Gasteiger charge is -2.08. The van der Waals surface area contributed by atoms with Crippen molar-refractivity contribution in [2.45, 2.75) is 38.0 Å². The fraction of sp³-hybridized carbons (Fsp3) is 1.00. The molecule has 0 spiro atoms. The molecular formula is C6H12BO. The molecule has 0 bridgehead atoms. The molecule has 0 saturated heterocycles. The molecule has 0 aromatic heterocycles. The van der Waals surface area contributed by atoms with Crippen LogP contribution in [0.2, 0.25) is 12.6 Å².